The highest BCUT2D eigenvalue weighted by Crippen LogP contribution is 2.14. The molecule has 0 atom stereocenters. The fourth-order valence-corrected chi connectivity index (χ4v) is 1.18. The zero-order chi connectivity index (χ0) is 9.97. The number of nitrogens with one attached hydrogen (secondary N) is 1. The molecule has 2 aromatic heterocycles. The number of aromatic amines is 1. The molecular weight excluding hydrogens is 180 g/mol. The highest BCUT2D eigenvalue weighted by molar-refractivity contribution is 5.59. The van der Waals surface area contributed by atoms with Crippen molar-refractivity contribution in [3.63, 3.8) is 0 Å². The van der Waals surface area contributed by atoms with Crippen molar-refractivity contribution < 1.29 is 0 Å². The molecule has 5 nitrogen and oxygen atoms in total. The van der Waals surface area contributed by atoms with Gasteiger partial charge in [-0.15, -0.1) is 0 Å². The molecule has 14 heavy (non-hydrogen) atoms. The van der Waals surface area contributed by atoms with E-state index in [1.54, 1.807) is 19.3 Å². The van der Waals surface area contributed by atoms with Gasteiger partial charge in [-0.25, -0.2) is 15.0 Å². The Morgan fingerprint density at radius 1 is 1.29 bits per heavy atom. The molecule has 0 amide bonds. The molecule has 5 heteroatoms. The highest BCUT2D eigenvalue weighted by Gasteiger charge is 2.05. The van der Waals surface area contributed by atoms with E-state index in [1.807, 2.05) is 0 Å². The second-order valence-corrected chi connectivity index (χ2v) is 2.83. The minimum atomic E-state index is -0.140. The third-order valence-electron chi connectivity index (χ3n) is 1.92. The van der Waals surface area contributed by atoms with Gasteiger partial charge in [-0.2, -0.15) is 0 Å². The van der Waals surface area contributed by atoms with Gasteiger partial charge in [-0.05, 0) is 6.92 Å². The van der Waals surface area contributed by atoms with Crippen LogP contribution in [0.2, 0.25) is 0 Å². The van der Waals surface area contributed by atoms with Gasteiger partial charge in [-0.3, -0.25) is 4.79 Å². The summed E-state index contributed by atoms with van der Waals surface area (Å²) in [6.45, 7) is 1.72. The molecule has 0 saturated heterocycles. The van der Waals surface area contributed by atoms with E-state index < -0.39 is 0 Å². The Morgan fingerprint density at radius 2 is 2.00 bits per heavy atom. The van der Waals surface area contributed by atoms with E-state index in [0.717, 1.165) is 5.56 Å². The molecule has 2 rings (SSSR count). The molecule has 70 valence electrons. The fourth-order valence-electron chi connectivity index (χ4n) is 1.18. The maximum absolute atomic E-state index is 11.3. The Hall–Kier alpha value is -2.04. The number of rotatable bonds is 1. The van der Waals surface area contributed by atoms with Crippen LogP contribution in [-0.4, -0.2) is 19.9 Å². The van der Waals surface area contributed by atoms with Crippen molar-refractivity contribution in [3.05, 3.63) is 41.0 Å². The standard InChI is InChI=1S/C9H8N4O/c1-6-8(12-5-13-9(6)14)7-2-10-4-11-3-7/h2-5H,1H3,(H,12,13,14). The van der Waals surface area contributed by atoms with Crippen LogP contribution in [0, 0.1) is 6.92 Å². The van der Waals surface area contributed by atoms with Gasteiger partial charge in [-0.1, -0.05) is 0 Å². The first-order valence-electron chi connectivity index (χ1n) is 4.08. The minimum absolute atomic E-state index is 0.140. The lowest BCUT2D eigenvalue weighted by atomic mass is 10.1. The van der Waals surface area contributed by atoms with Crippen molar-refractivity contribution in [2.75, 3.05) is 0 Å². The Labute approximate surface area is 79.9 Å². The monoisotopic (exact) mass is 188 g/mol. The first kappa shape index (κ1) is 8.55. The van der Waals surface area contributed by atoms with Gasteiger partial charge in [0.25, 0.3) is 5.56 Å². The van der Waals surface area contributed by atoms with E-state index in [0.29, 0.717) is 11.3 Å². The molecule has 0 aliphatic carbocycles. The number of aromatic nitrogens is 4. The third kappa shape index (κ3) is 1.39. The molecule has 2 aromatic rings. The smallest absolute Gasteiger partial charge is 0.254 e. The largest absolute Gasteiger partial charge is 0.313 e. The molecule has 1 N–H and O–H groups in total. The molecule has 0 radical (unpaired) electrons. The molecule has 0 aromatic carbocycles. The van der Waals surface area contributed by atoms with E-state index in [1.165, 1.54) is 12.7 Å². The summed E-state index contributed by atoms with van der Waals surface area (Å²) in [6, 6.07) is 0. The van der Waals surface area contributed by atoms with Crippen molar-refractivity contribution in [1.82, 2.24) is 19.9 Å². The van der Waals surface area contributed by atoms with Crippen LogP contribution >= 0.6 is 0 Å². The lowest BCUT2D eigenvalue weighted by Gasteiger charge is -2.01. The van der Waals surface area contributed by atoms with E-state index in [-0.39, 0.29) is 5.56 Å². The summed E-state index contributed by atoms with van der Waals surface area (Å²) in [5.41, 5.74) is 1.80. The molecule has 0 aliphatic rings. The molecule has 2 heterocycles. The molecule has 0 aliphatic heterocycles. The van der Waals surface area contributed by atoms with Crippen molar-refractivity contribution in [2.24, 2.45) is 0 Å². The van der Waals surface area contributed by atoms with E-state index in [2.05, 4.69) is 19.9 Å². The van der Waals surface area contributed by atoms with Crippen LogP contribution in [0.25, 0.3) is 11.3 Å². The predicted molar refractivity (Wildman–Crippen MR) is 50.6 cm³/mol. The Balaban J connectivity index is 2.64. The zero-order valence-electron chi connectivity index (χ0n) is 7.56. The van der Waals surface area contributed by atoms with Gasteiger partial charge in [0, 0.05) is 23.5 Å². The lowest BCUT2D eigenvalue weighted by molar-refractivity contribution is 1.07. The average Bonchev–Trinajstić information content (AvgIpc) is 2.23. The second-order valence-electron chi connectivity index (χ2n) is 2.83. The van der Waals surface area contributed by atoms with Gasteiger partial charge in [0.2, 0.25) is 0 Å². The van der Waals surface area contributed by atoms with Crippen LogP contribution in [0.5, 0.6) is 0 Å². The molecular formula is C9H8N4O. The summed E-state index contributed by atoms with van der Waals surface area (Å²) in [7, 11) is 0. The fraction of sp³-hybridized carbons (Fsp3) is 0.111. The number of hydrogen-bond donors (Lipinski definition) is 1. The topological polar surface area (TPSA) is 71.5 Å². The molecule has 0 bridgehead atoms. The maximum Gasteiger partial charge on any atom is 0.254 e. The van der Waals surface area contributed by atoms with Crippen LogP contribution < -0.4 is 5.56 Å². The Morgan fingerprint density at radius 3 is 2.71 bits per heavy atom. The molecule has 0 unspecified atom stereocenters. The van der Waals surface area contributed by atoms with Crippen molar-refractivity contribution >= 4 is 0 Å². The van der Waals surface area contributed by atoms with Gasteiger partial charge < -0.3 is 4.98 Å². The van der Waals surface area contributed by atoms with Gasteiger partial charge in [0.1, 0.15) is 6.33 Å². The van der Waals surface area contributed by atoms with Crippen molar-refractivity contribution in [3.8, 4) is 11.3 Å². The predicted octanol–water partition coefficient (Wildman–Crippen LogP) is 0.535. The van der Waals surface area contributed by atoms with Crippen molar-refractivity contribution in [2.45, 2.75) is 6.92 Å². The normalized spacial score (nSPS) is 10.1. The van der Waals surface area contributed by atoms with E-state index >= 15 is 0 Å². The number of H-pyrrole nitrogens is 1. The Bertz CT molecular complexity index is 492. The molecule has 0 fully saturated rings. The second kappa shape index (κ2) is 3.37. The van der Waals surface area contributed by atoms with E-state index in [4.69, 9.17) is 0 Å². The highest BCUT2D eigenvalue weighted by atomic mass is 16.1. The zero-order valence-corrected chi connectivity index (χ0v) is 7.56. The average molecular weight is 188 g/mol. The SMILES string of the molecule is Cc1c(-c2cncnc2)nc[nH]c1=O. The van der Waals surface area contributed by atoms with Crippen LogP contribution in [-0.2, 0) is 0 Å². The summed E-state index contributed by atoms with van der Waals surface area (Å²) < 4.78 is 0. The van der Waals surface area contributed by atoms with Gasteiger partial charge >= 0.3 is 0 Å². The number of hydrogen-bond acceptors (Lipinski definition) is 4. The minimum Gasteiger partial charge on any atom is -0.313 e. The van der Waals surface area contributed by atoms with Gasteiger partial charge in [0.05, 0.1) is 12.0 Å². The molecule has 0 spiro atoms. The Kier molecular flexibility index (Phi) is 2.06. The quantitative estimate of drug-likeness (QED) is 0.708. The van der Waals surface area contributed by atoms with Crippen LogP contribution in [0.1, 0.15) is 5.56 Å². The summed E-state index contributed by atoms with van der Waals surface area (Å²) in [5, 5.41) is 0. The summed E-state index contributed by atoms with van der Waals surface area (Å²) in [6.07, 6.45) is 6.06. The summed E-state index contributed by atoms with van der Waals surface area (Å²) in [5.74, 6) is 0. The van der Waals surface area contributed by atoms with Crippen molar-refractivity contribution in [1.29, 1.82) is 0 Å². The third-order valence-corrected chi connectivity index (χ3v) is 1.92. The van der Waals surface area contributed by atoms with Crippen LogP contribution in [0.3, 0.4) is 0 Å². The first-order valence-corrected chi connectivity index (χ1v) is 4.08. The number of nitrogens with zero attached hydrogens (tertiary/aromatic N) is 3. The van der Waals surface area contributed by atoms with Crippen LogP contribution in [0.4, 0.5) is 0 Å². The summed E-state index contributed by atoms with van der Waals surface area (Å²) >= 11 is 0. The van der Waals surface area contributed by atoms with Gasteiger partial charge in [0.15, 0.2) is 0 Å². The lowest BCUT2D eigenvalue weighted by Crippen LogP contribution is -2.11. The molecule has 0 saturated carbocycles. The van der Waals surface area contributed by atoms with E-state index in [9.17, 15) is 4.79 Å². The first-order chi connectivity index (χ1) is 6.79. The maximum atomic E-state index is 11.3. The van der Waals surface area contributed by atoms with Crippen LogP contribution in [0.15, 0.2) is 29.8 Å². The summed E-state index contributed by atoms with van der Waals surface area (Å²) in [4.78, 5) is 25.6.